The Balaban J connectivity index is 1.74. The Bertz CT molecular complexity index is 889. The monoisotopic (exact) mass is 423 g/mol. The van der Waals surface area contributed by atoms with E-state index in [4.69, 9.17) is 16.6 Å². The summed E-state index contributed by atoms with van der Waals surface area (Å²) in [6.45, 7) is 1.51. The molecule has 5 nitrogen and oxygen atoms in total. The van der Waals surface area contributed by atoms with Crippen LogP contribution in [0.5, 0.6) is 0 Å². The molecule has 0 radical (unpaired) electrons. The summed E-state index contributed by atoms with van der Waals surface area (Å²) < 4.78 is 44.6. The van der Waals surface area contributed by atoms with Gasteiger partial charge in [-0.1, -0.05) is 0 Å². The first kappa shape index (κ1) is 20.9. The number of rotatable bonds is 4. The molecule has 1 saturated heterocycles. The zero-order valence-corrected chi connectivity index (χ0v) is 16.3. The second-order valence-corrected chi connectivity index (χ2v) is 6.98. The molecule has 0 saturated carbocycles. The van der Waals surface area contributed by atoms with E-state index < -0.39 is 17.6 Å². The van der Waals surface area contributed by atoms with Gasteiger partial charge >= 0.3 is 6.18 Å². The van der Waals surface area contributed by atoms with Gasteiger partial charge in [-0.15, -0.1) is 0 Å². The van der Waals surface area contributed by atoms with Crippen molar-refractivity contribution in [2.75, 3.05) is 23.3 Å². The normalized spacial score (nSPS) is 14.8. The molecule has 2 N–H and O–H groups in total. The predicted molar refractivity (Wildman–Crippen MR) is 110 cm³/mol. The summed E-state index contributed by atoms with van der Waals surface area (Å²) in [7, 11) is 0. The highest BCUT2D eigenvalue weighted by Crippen LogP contribution is 2.36. The van der Waals surface area contributed by atoms with Gasteiger partial charge in [0.1, 0.15) is 5.76 Å². The molecule has 2 aromatic rings. The van der Waals surface area contributed by atoms with E-state index in [-0.39, 0.29) is 10.8 Å². The molecular weight excluding hydrogens is 403 g/mol. The first-order valence-corrected chi connectivity index (χ1v) is 9.53. The fourth-order valence-corrected chi connectivity index (χ4v) is 3.28. The summed E-state index contributed by atoms with van der Waals surface area (Å²) in [5.41, 5.74) is 0.0510. The summed E-state index contributed by atoms with van der Waals surface area (Å²) in [5, 5.41) is 5.09. The number of hydrogen-bond donors (Lipinski definition) is 2. The summed E-state index contributed by atoms with van der Waals surface area (Å²) in [5.74, 6) is -0.0327. The number of carbonyl (C=O) groups excluding carboxylic acids is 1. The van der Waals surface area contributed by atoms with Crippen molar-refractivity contribution in [1.29, 1.82) is 0 Å². The molecule has 1 aromatic carbocycles. The zero-order chi connectivity index (χ0) is 20.9. The third-order valence-corrected chi connectivity index (χ3v) is 4.65. The number of piperidine rings is 1. The fraction of sp³-hybridized carbons (Fsp3) is 0.300. The van der Waals surface area contributed by atoms with Crippen molar-refractivity contribution < 1.29 is 22.4 Å². The van der Waals surface area contributed by atoms with Crippen LogP contribution in [0.3, 0.4) is 0 Å². The first-order chi connectivity index (χ1) is 13.8. The van der Waals surface area contributed by atoms with Crippen LogP contribution >= 0.6 is 12.2 Å². The highest BCUT2D eigenvalue weighted by atomic mass is 32.1. The molecule has 0 atom stereocenters. The van der Waals surface area contributed by atoms with Crippen LogP contribution < -0.4 is 15.5 Å². The number of thiocarbonyl (C=S) groups is 1. The van der Waals surface area contributed by atoms with Gasteiger partial charge in [-0.2, -0.15) is 13.2 Å². The number of hydrogen-bond acceptors (Lipinski definition) is 4. The molecule has 29 heavy (non-hydrogen) atoms. The Morgan fingerprint density at radius 3 is 2.59 bits per heavy atom. The van der Waals surface area contributed by atoms with E-state index in [9.17, 15) is 18.0 Å². The number of anilines is 2. The molecule has 1 aliphatic rings. The molecule has 1 aliphatic heterocycles. The highest BCUT2D eigenvalue weighted by molar-refractivity contribution is 7.80. The van der Waals surface area contributed by atoms with Crippen LogP contribution in [0.15, 0.2) is 47.1 Å². The molecule has 0 aliphatic carbocycles. The lowest BCUT2D eigenvalue weighted by molar-refractivity contribution is -0.137. The van der Waals surface area contributed by atoms with Gasteiger partial charge in [0.25, 0.3) is 0 Å². The number of alkyl halides is 3. The van der Waals surface area contributed by atoms with Crippen molar-refractivity contribution >= 4 is 40.7 Å². The van der Waals surface area contributed by atoms with E-state index in [0.29, 0.717) is 11.4 Å². The molecule has 0 spiro atoms. The van der Waals surface area contributed by atoms with E-state index in [0.717, 1.165) is 44.5 Å². The minimum absolute atomic E-state index is 0.0864. The third kappa shape index (κ3) is 5.83. The van der Waals surface area contributed by atoms with Crippen LogP contribution in [0.25, 0.3) is 6.08 Å². The van der Waals surface area contributed by atoms with Gasteiger partial charge in [0.05, 0.1) is 23.2 Å². The number of furan rings is 1. The molecule has 154 valence electrons. The van der Waals surface area contributed by atoms with Crippen molar-refractivity contribution in [2.45, 2.75) is 25.4 Å². The second kappa shape index (κ2) is 9.13. The van der Waals surface area contributed by atoms with E-state index in [1.807, 2.05) is 4.90 Å². The molecule has 0 unspecified atom stereocenters. The van der Waals surface area contributed by atoms with Crippen LogP contribution in [0, 0.1) is 0 Å². The van der Waals surface area contributed by atoms with Gasteiger partial charge in [0.2, 0.25) is 5.91 Å². The predicted octanol–water partition coefficient (Wildman–Crippen LogP) is 4.82. The van der Waals surface area contributed by atoms with Crippen LogP contribution in [-0.2, 0) is 11.0 Å². The Hall–Kier alpha value is -2.81. The second-order valence-electron chi connectivity index (χ2n) is 6.57. The Labute approximate surface area is 171 Å². The van der Waals surface area contributed by atoms with Gasteiger partial charge in [-0.05, 0) is 67.9 Å². The summed E-state index contributed by atoms with van der Waals surface area (Å²) >= 11 is 5.12. The zero-order valence-electron chi connectivity index (χ0n) is 15.5. The van der Waals surface area contributed by atoms with Crippen LogP contribution in [0.2, 0.25) is 0 Å². The van der Waals surface area contributed by atoms with Crippen LogP contribution in [-0.4, -0.2) is 24.1 Å². The quantitative estimate of drug-likeness (QED) is 0.546. The number of nitrogens with zero attached hydrogens (tertiary/aromatic N) is 1. The summed E-state index contributed by atoms with van der Waals surface area (Å²) in [6, 6.07) is 6.87. The maximum atomic E-state index is 13.2. The lowest BCUT2D eigenvalue weighted by Crippen LogP contribution is -2.35. The van der Waals surface area contributed by atoms with E-state index in [2.05, 4.69) is 10.6 Å². The standard InChI is InChI=1S/C20H20F3N3O2S/c21-20(22,23)14-6-8-17(26-10-2-1-3-11-26)16(13-14)24-19(29)25-18(27)9-7-15-5-4-12-28-15/h4-9,12-13H,1-3,10-11H2,(H2,24,25,27,29)/b9-7+. The lowest BCUT2D eigenvalue weighted by atomic mass is 10.1. The number of benzene rings is 1. The third-order valence-electron chi connectivity index (χ3n) is 4.45. The maximum absolute atomic E-state index is 13.2. The van der Waals surface area contributed by atoms with Crippen LogP contribution in [0.4, 0.5) is 24.5 Å². The van der Waals surface area contributed by atoms with Crippen molar-refractivity contribution in [3.8, 4) is 0 Å². The molecule has 9 heteroatoms. The smallest absolute Gasteiger partial charge is 0.416 e. The summed E-state index contributed by atoms with van der Waals surface area (Å²) in [6.07, 6.45) is 2.72. The molecule has 2 heterocycles. The SMILES string of the molecule is O=C(/C=C/c1ccco1)NC(=S)Nc1cc(C(F)(F)F)ccc1N1CCCCC1. The topological polar surface area (TPSA) is 57.5 Å². The van der Waals surface area contributed by atoms with E-state index in [1.54, 1.807) is 12.1 Å². The van der Waals surface area contributed by atoms with Gasteiger partial charge in [-0.25, -0.2) is 0 Å². The maximum Gasteiger partial charge on any atom is 0.416 e. The molecule has 3 rings (SSSR count). The summed E-state index contributed by atoms with van der Waals surface area (Å²) in [4.78, 5) is 14.0. The minimum atomic E-state index is -4.48. The van der Waals surface area contributed by atoms with Crippen molar-refractivity contribution in [1.82, 2.24) is 5.32 Å². The van der Waals surface area contributed by atoms with Crippen molar-refractivity contribution in [2.24, 2.45) is 0 Å². The Morgan fingerprint density at radius 1 is 1.17 bits per heavy atom. The fourth-order valence-electron chi connectivity index (χ4n) is 3.07. The van der Waals surface area contributed by atoms with Crippen molar-refractivity contribution in [3.63, 3.8) is 0 Å². The van der Waals surface area contributed by atoms with Gasteiger partial charge in [-0.3, -0.25) is 10.1 Å². The average molecular weight is 423 g/mol. The molecular formula is C20H20F3N3O2S. The van der Waals surface area contributed by atoms with Crippen LogP contribution in [0.1, 0.15) is 30.6 Å². The van der Waals surface area contributed by atoms with Gasteiger partial charge in [0, 0.05) is 19.2 Å². The van der Waals surface area contributed by atoms with E-state index >= 15 is 0 Å². The minimum Gasteiger partial charge on any atom is -0.465 e. The largest absolute Gasteiger partial charge is 0.465 e. The average Bonchev–Trinajstić information content (AvgIpc) is 3.20. The molecule has 1 amide bonds. The van der Waals surface area contributed by atoms with Gasteiger partial charge in [0.15, 0.2) is 5.11 Å². The Kier molecular flexibility index (Phi) is 6.58. The highest BCUT2D eigenvalue weighted by Gasteiger charge is 2.31. The molecule has 1 aromatic heterocycles. The molecule has 1 fully saturated rings. The number of amides is 1. The number of halogens is 3. The Morgan fingerprint density at radius 2 is 1.93 bits per heavy atom. The van der Waals surface area contributed by atoms with Crippen molar-refractivity contribution in [3.05, 3.63) is 54.0 Å². The first-order valence-electron chi connectivity index (χ1n) is 9.13. The lowest BCUT2D eigenvalue weighted by Gasteiger charge is -2.31. The van der Waals surface area contributed by atoms with E-state index in [1.165, 1.54) is 24.5 Å². The number of nitrogens with one attached hydrogen (secondary N) is 2. The molecule has 0 bridgehead atoms. The van der Waals surface area contributed by atoms with Gasteiger partial charge < -0.3 is 14.6 Å². The number of carbonyl (C=O) groups is 1.